The molecular formula is C24H24O. The Morgan fingerprint density at radius 1 is 0.920 bits per heavy atom. The molecule has 3 aromatic rings. The first-order valence-corrected chi connectivity index (χ1v) is 9.42. The van der Waals surface area contributed by atoms with Gasteiger partial charge < -0.3 is 0 Å². The number of aryl methyl sites for hydroxylation is 1. The van der Waals surface area contributed by atoms with Crippen LogP contribution in [0, 0.1) is 0 Å². The summed E-state index contributed by atoms with van der Waals surface area (Å²) in [4.78, 5) is 12.7. The number of fused-ring (bicyclic) bond motifs is 3. The van der Waals surface area contributed by atoms with Gasteiger partial charge in [0.2, 0.25) is 0 Å². The third-order valence-electron chi connectivity index (χ3n) is 5.48. The van der Waals surface area contributed by atoms with Gasteiger partial charge in [0.05, 0.1) is 0 Å². The molecule has 1 heteroatoms. The minimum Gasteiger partial charge on any atom is -0.299 e. The smallest absolute Gasteiger partial charge is 0.140 e. The minimum atomic E-state index is 0.0819. The second-order valence-electron chi connectivity index (χ2n) is 7.07. The van der Waals surface area contributed by atoms with E-state index >= 15 is 0 Å². The Morgan fingerprint density at radius 2 is 1.64 bits per heavy atom. The largest absolute Gasteiger partial charge is 0.299 e. The molecule has 0 N–H and O–H groups in total. The third-order valence-corrected chi connectivity index (χ3v) is 5.48. The van der Waals surface area contributed by atoms with Crippen LogP contribution in [0.3, 0.4) is 0 Å². The van der Waals surface area contributed by atoms with Gasteiger partial charge in [-0.2, -0.15) is 0 Å². The van der Waals surface area contributed by atoms with Crippen molar-refractivity contribution in [3.05, 3.63) is 71.8 Å². The fourth-order valence-corrected chi connectivity index (χ4v) is 4.24. The summed E-state index contributed by atoms with van der Waals surface area (Å²) < 4.78 is 0. The molecule has 0 saturated carbocycles. The van der Waals surface area contributed by atoms with E-state index in [0.29, 0.717) is 12.2 Å². The maximum absolute atomic E-state index is 12.7. The van der Waals surface area contributed by atoms with Crippen molar-refractivity contribution in [1.29, 1.82) is 0 Å². The van der Waals surface area contributed by atoms with Crippen LogP contribution in [0.25, 0.3) is 21.9 Å². The van der Waals surface area contributed by atoms with Crippen LogP contribution in [0.15, 0.2) is 60.7 Å². The second kappa shape index (κ2) is 6.84. The second-order valence-corrected chi connectivity index (χ2v) is 7.07. The van der Waals surface area contributed by atoms with Gasteiger partial charge in [-0.05, 0) is 45.9 Å². The summed E-state index contributed by atoms with van der Waals surface area (Å²) >= 11 is 0. The van der Waals surface area contributed by atoms with Crippen molar-refractivity contribution in [3.63, 3.8) is 0 Å². The SMILES string of the molecule is CCCCC1C(=O)CCc2cc(-c3ccccc3)c3ccccc3c21. The third kappa shape index (κ3) is 2.89. The zero-order chi connectivity index (χ0) is 17.2. The topological polar surface area (TPSA) is 17.1 Å². The van der Waals surface area contributed by atoms with E-state index in [1.807, 2.05) is 0 Å². The number of carbonyl (C=O) groups is 1. The van der Waals surface area contributed by atoms with Crippen molar-refractivity contribution < 1.29 is 4.79 Å². The first-order chi connectivity index (χ1) is 12.3. The number of rotatable bonds is 4. The molecule has 1 nitrogen and oxygen atoms in total. The zero-order valence-corrected chi connectivity index (χ0v) is 14.8. The summed E-state index contributed by atoms with van der Waals surface area (Å²) in [7, 11) is 0. The lowest BCUT2D eigenvalue weighted by Crippen LogP contribution is -2.21. The minimum absolute atomic E-state index is 0.0819. The van der Waals surface area contributed by atoms with Crippen LogP contribution >= 0.6 is 0 Å². The predicted molar refractivity (Wildman–Crippen MR) is 105 cm³/mol. The maximum Gasteiger partial charge on any atom is 0.140 e. The summed E-state index contributed by atoms with van der Waals surface area (Å²) in [5.41, 5.74) is 5.22. The van der Waals surface area contributed by atoms with Crippen molar-refractivity contribution >= 4 is 16.6 Å². The molecule has 0 aliphatic heterocycles. The van der Waals surface area contributed by atoms with E-state index in [1.54, 1.807) is 0 Å². The first-order valence-electron chi connectivity index (χ1n) is 9.42. The lowest BCUT2D eigenvalue weighted by Gasteiger charge is -2.27. The van der Waals surface area contributed by atoms with Crippen molar-refractivity contribution in [2.24, 2.45) is 0 Å². The molecule has 0 radical (unpaired) electrons. The van der Waals surface area contributed by atoms with Gasteiger partial charge in [-0.15, -0.1) is 0 Å². The molecule has 0 saturated heterocycles. The molecule has 25 heavy (non-hydrogen) atoms. The van der Waals surface area contributed by atoms with Gasteiger partial charge in [-0.3, -0.25) is 4.79 Å². The van der Waals surface area contributed by atoms with Gasteiger partial charge in [0.15, 0.2) is 0 Å². The van der Waals surface area contributed by atoms with E-state index in [9.17, 15) is 4.79 Å². The quantitative estimate of drug-likeness (QED) is 0.549. The Morgan fingerprint density at radius 3 is 2.40 bits per heavy atom. The summed E-state index contributed by atoms with van der Waals surface area (Å²) in [6, 6.07) is 21.6. The standard InChI is InChI=1S/C24H24O/c1-2-3-11-21-23(25)15-14-18-16-22(17-9-5-4-6-10-17)19-12-7-8-13-20(19)24(18)21/h4-10,12-13,16,21H,2-3,11,14-15H2,1H3. The highest BCUT2D eigenvalue weighted by Crippen LogP contribution is 2.41. The van der Waals surface area contributed by atoms with Gasteiger partial charge in [-0.1, -0.05) is 80.4 Å². The van der Waals surface area contributed by atoms with Crippen LogP contribution in [0.4, 0.5) is 0 Å². The highest BCUT2D eigenvalue weighted by atomic mass is 16.1. The van der Waals surface area contributed by atoms with Crippen LogP contribution in [0.5, 0.6) is 0 Å². The van der Waals surface area contributed by atoms with E-state index < -0.39 is 0 Å². The average Bonchev–Trinajstić information content (AvgIpc) is 2.67. The summed E-state index contributed by atoms with van der Waals surface area (Å²) in [6.45, 7) is 2.20. The molecule has 1 aliphatic rings. The Hall–Kier alpha value is -2.41. The number of Topliss-reactive ketones (excluding diaryl/α,β-unsaturated/α-hetero) is 1. The lowest BCUT2D eigenvalue weighted by molar-refractivity contribution is -0.121. The van der Waals surface area contributed by atoms with Crippen LogP contribution in [-0.4, -0.2) is 5.78 Å². The fourth-order valence-electron chi connectivity index (χ4n) is 4.24. The number of carbonyl (C=O) groups excluding carboxylic acids is 1. The molecule has 0 bridgehead atoms. The van der Waals surface area contributed by atoms with E-state index in [-0.39, 0.29) is 5.92 Å². The van der Waals surface area contributed by atoms with Crippen molar-refractivity contribution in [3.8, 4) is 11.1 Å². The van der Waals surface area contributed by atoms with E-state index in [2.05, 4.69) is 67.6 Å². The molecule has 0 fully saturated rings. The Balaban J connectivity index is 1.96. The van der Waals surface area contributed by atoms with Gasteiger partial charge in [-0.25, -0.2) is 0 Å². The Labute approximate surface area is 149 Å². The molecule has 0 amide bonds. The number of hydrogen-bond acceptors (Lipinski definition) is 1. The average molecular weight is 328 g/mol. The molecule has 3 aromatic carbocycles. The normalized spacial score (nSPS) is 16.8. The summed E-state index contributed by atoms with van der Waals surface area (Å²) in [5, 5.41) is 2.54. The zero-order valence-electron chi connectivity index (χ0n) is 14.8. The molecule has 1 unspecified atom stereocenters. The predicted octanol–water partition coefficient (Wildman–Crippen LogP) is 6.30. The van der Waals surface area contributed by atoms with E-state index in [0.717, 1.165) is 25.7 Å². The Bertz CT molecular complexity index is 908. The van der Waals surface area contributed by atoms with Gasteiger partial charge in [0.1, 0.15) is 5.78 Å². The van der Waals surface area contributed by atoms with E-state index in [1.165, 1.54) is 33.0 Å². The molecule has 0 heterocycles. The summed E-state index contributed by atoms with van der Waals surface area (Å²) in [5.74, 6) is 0.511. The lowest BCUT2D eigenvalue weighted by atomic mass is 9.75. The van der Waals surface area contributed by atoms with Crippen LogP contribution < -0.4 is 0 Å². The van der Waals surface area contributed by atoms with Crippen LogP contribution in [0.2, 0.25) is 0 Å². The van der Waals surface area contributed by atoms with Crippen LogP contribution in [-0.2, 0) is 11.2 Å². The number of unbranched alkanes of at least 4 members (excludes halogenated alkanes) is 1. The van der Waals surface area contributed by atoms with Gasteiger partial charge >= 0.3 is 0 Å². The first kappa shape index (κ1) is 16.1. The number of ketones is 1. The summed E-state index contributed by atoms with van der Waals surface area (Å²) in [6.07, 6.45) is 4.80. The number of benzene rings is 3. The monoisotopic (exact) mass is 328 g/mol. The molecule has 1 aliphatic carbocycles. The molecule has 4 rings (SSSR count). The molecular weight excluding hydrogens is 304 g/mol. The Kier molecular flexibility index (Phi) is 4.40. The highest BCUT2D eigenvalue weighted by molar-refractivity contribution is 6.03. The van der Waals surface area contributed by atoms with Crippen molar-refractivity contribution in [2.45, 2.75) is 44.9 Å². The van der Waals surface area contributed by atoms with Gasteiger partial charge in [0.25, 0.3) is 0 Å². The van der Waals surface area contributed by atoms with Crippen LogP contribution in [0.1, 0.15) is 49.7 Å². The molecule has 0 spiro atoms. The number of hydrogen-bond donors (Lipinski definition) is 0. The maximum atomic E-state index is 12.7. The molecule has 1 atom stereocenters. The van der Waals surface area contributed by atoms with Crippen molar-refractivity contribution in [2.75, 3.05) is 0 Å². The van der Waals surface area contributed by atoms with Gasteiger partial charge in [0, 0.05) is 12.3 Å². The molecule has 0 aromatic heterocycles. The van der Waals surface area contributed by atoms with E-state index in [4.69, 9.17) is 0 Å². The van der Waals surface area contributed by atoms with Crippen molar-refractivity contribution in [1.82, 2.24) is 0 Å². The highest BCUT2D eigenvalue weighted by Gasteiger charge is 2.29. The molecule has 126 valence electrons. The fraction of sp³-hybridized carbons (Fsp3) is 0.292.